The van der Waals surface area contributed by atoms with Crippen LogP contribution in [0.4, 0.5) is 5.88 Å². The minimum atomic E-state index is -3.86. The second kappa shape index (κ2) is 8.18. The van der Waals surface area contributed by atoms with E-state index in [0.29, 0.717) is 36.9 Å². The van der Waals surface area contributed by atoms with Crippen LogP contribution >= 0.6 is 11.6 Å². The third kappa shape index (κ3) is 4.03. The lowest BCUT2D eigenvalue weighted by Gasteiger charge is -2.26. The Morgan fingerprint density at radius 1 is 1.10 bits per heavy atom. The molecule has 0 atom stereocenters. The van der Waals surface area contributed by atoms with Gasteiger partial charge in [0.15, 0.2) is 0 Å². The number of nitrogens with zero attached hydrogens (tertiary/aromatic N) is 2. The van der Waals surface area contributed by atoms with Crippen LogP contribution in [0.3, 0.4) is 0 Å². The molecule has 1 fully saturated rings. The zero-order valence-electron chi connectivity index (χ0n) is 16.0. The Hall–Kier alpha value is -2.35. The third-order valence-corrected chi connectivity index (χ3v) is 6.75. The number of hydrogen-bond donors (Lipinski definition) is 0. The monoisotopic (exact) mass is 432 g/mol. The van der Waals surface area contributed by atoms with Crippen LogP contribution in [-0.2, 0) is 21.0 Å². The van der Waals surface area contributed by atoms with Gasteiger partial charge in [0, 0.05) is 23.7 Å². The van der Waals surface area contributed by atoms with E-state index in [1.165, 1.54) is 0 Å². The number of ether oxygens (including phenoxy) is 1. The van der Waals surface area contributed by atoms with Crippen molar-refractivity contribution in [3.8, 4) is 11.5 Å². The lowest BCUT2D eigenvalue weighted by molar-refractivity contribution is 0.120. The molecule has 1 aliphatic heterocycles. The number of sulfone groups is 1. The van der Waals surface area contributed by atoms with Crippen LogP contribution in [0.25, 0.3) is 11.5 Å². The summed E-state index contributed by atoms with van der Waals surface area (Å²) in [6, 6.07) is 13.9. The predicted octanol–water partition coefficient (Wildman–Crippen LogP) is 4.23. The molecule has 152 valence electrons. The highest BCUT2D eigenvalue weighted by Gasteiger charge is 2.32. The van der Waals surface area contributed by atoms with E-state index < -0.39 is 9.84 Å². The maximum atomic E-state index is 13.4. The molecule has 2 heterocycles. The fourth-order valence-corrected chi connectivity index (χ4v) is 4.71. The summed E-state index contributed by atoms with van der Waals surface area (Å²) in [7, 11) is -3.86. The molecule has 1 aromatic heterocycles. The van der Waals surface area contributed by atoms with Crippen LogP contribution in [0.2, 0.25) is 5.02 Å². The second-order valence-electron chi connectivity index (χ2n) is 6.74. The average molecular weight is 433 g/mol. The van der Waals surface area contributed by atoms with E-state index in [4.69, 9.17) is 20.8 Å². The highest BCUT2D eigenvalue weighted by molar-refractivity contribution is 7.91. The van der Waals surface area contributed by atoms with E-state index in [2.05, 4.69) is 4.98 Å². The number of hydrogen-bond acceptors (Lipinski definition) is 6. The van der Waals surface area contributed by atoms with Gasteiger partial charge in [0.05, 0.1) is 18.1 Å². The van der Waals surface area contributed by atoms with Gasteiger partial charge in [-0.2, -0.15) is 4.98 Å². The van der Waals surface area contributed by atoms with Crippen molar-refractivity contribution in [3.63, 3.8) is 0 Å². The molecule has 2 aromatic carbocycles. The number of aryl methyl sites for hydroxylation is 1. The fraction of sp³-hybridized carbons (Fsp3) is 0.286. The van der Waals surface area contributed by atoms with Crippen LogP contribution in [-0.4, -0.2) is 39.7 Å². The van der Waals surface area contributed by atoms with Crippen molar-refractivity contribution in [1.29, 1.82) is 0 Å². The van der Waals surface area contributed by atoms with E-state index in [1.54, 1.807) is 36.4 Å². The number of halogens is 1. The van der Waals surface area contributed by atoms with Gasteiger partial charge < -0.3 is 14.1 Å². The van der Waals surface area contributed by atoms with E-state index in [-0.39, 0.29) is 21.7 Å². The van der Waals surface area contributed by atoms with Crippen LogP contribution in [0.15, 0.2) is 62.9 Å². The van der Waals surface area contributed by atoms with Crippen molar-refractivity contribution in [2.24, 2.45) is 0 Å². The summed E-state index contributed by atoms with van der Waals surface area (Å²) in [6.07, 6.45) is 0.836. The van der Waals surface area contributed by atoms with Crippen molar-refractivity contribution < 1.29 is 17.6 Å². The molecule has 0 unspecified atom stereocenters. The molecule has 0 spiro atoms. The Balaban J connectivity index is 1.83. The Morgan fingerprint density at radius 2 is 1.83 bits per heavy atom. The molecule has 6 nitrogen and oxygen atoms in total. The van der Waals surface area contributed by atoms with Crippen LogP contribution in [0, 0.1) is 0 Å². The number of oxazole rings is 1. The molecule has 0 radical (unpaired) electrons. The molecule has 1 aliphatic rings. The van der Waals surface area contributed by atoms with Gasteiger partial charge in [-0.15, -0.1) is 0 Å². The smallest absolute Gasteiger partial charge is 0.236 e. The molecule has 3 aromatic rings. The van der Waals surface area contributed by atoms with E-state index in [1.807, 2.05) is 24.0 Å². The number of morpholine rings is 1. The molecule has 0 saturated carbocycles. The summed E-state index contributed by atoms with van der Waals surface area (Å²) < 4.78 is 38.2. The molecule has 4 rings (SSSR count). The summed E-state index contributed by atoms with van der Waals surface area (Å²) in [6.45, 7) is 4.08. The zero-order chi connectivity index (χ0) is 20.4. The lowest BCUT2D eigenvalue weighted by Crippen LogP contribution is -2.36. The molecular formula is C21H21ClN2O4S. The molecule has 0 aliphatic carbocycles. The van der Waals surface area contributed by atoms with Gasteiger partial charge in [-0.05, 0) is 42.3 Å². The number of anilines is 1. The molecule has 0 bridgehead atoms. The first-order valence-corrected chi connectivity index (χ1v) is 11.3. The molecule has 8 heteroatoms. The topological polar surface area (TPSA) is 72.6 Å². The van der Waals surface area contributed by atoms with Crippen molar-refractivity contribution in [2.45, 2.75) is 23.3 Å². The number of aromatic nitrogens is 1. The quantitative estimate of drug-likeness (QED) is 0.600. The Morgan fingerprint density at radius 3 is 2.48 bits per heavy atom. The normalized spacial score (nSPS) is 14.9. The predicted molar refractivity (Wildman–Crippen MR) is 111 cm³/mol. The Kier molecular flexibility index (Phi) is 5.63. The van der Waals surface area contributed by atoms with Gasteiger partial charge in [-0.25, -0.2) is 8.42 Å². The summed E-state index contributed by atoms with van der Waals surface area (Å²) in [5.74, 6) is 0.459. The standard InChI is InChI=1S/C21H21ClN2O4S/c1-2-15-6-8-18(9-7-15)29(25,26)20-21(24-10-12-27-13-11-24)28-19(23-20)16-4-3-5-17(22)14-16/h3-9,14H,2,10-13H2,1H3. The van der Waals surface area contributed by atoms with Gasteiger partial charge in [0.2, 0.25) is 26.6 Å². The minimum absolute atomic E-state index is 0.0846. The van der Waals surface area contributed by atoms with Gasteiger partial charge in [-0.1, -0.05) is 36.7 Å². The lowest BCUT2D eigenvalue weighted by atomic mass is 10.2. The highest BCUT2D eigenvalue weighted by Crippen LogP contribution is 2.35. The van der Waals surface area contributed by atoms with Crippen molar-refractivity contribution in [1.82, 2.24) is 4.98 Å². The number of benzene rings is 2. The average Bonchev–Trinajstić information content (AvgIpc) is 3.21. The van der Waals surface area contributed by atoms with Crippen molar-refractivity contribution >= 4 is 27.3 Å². The molecular weight excluding hydrogens is 412 g/mol. The molecule has 29 heavy (non-hydrogen) atoms. The Bertz CT molecular complexity index is 1100. The van der Waals surface area contributed by atoms with E-state index in [9.17, 15) is 8.42 Å². The first kappa shape index (κ1) is 19.9. The zero-order valence-corrected chi connectivity index (χ0v) is 17.5. The van der Waals surface area contributed by atoms with Crippen molar-refractivity contribution in [2.75, 3.05) is 31.2 Å². The fourth-order valence-electron chi connectivity index (χ4n) is 3.20. The van der Waals surface area contributed by atoms with Gasteiger partial charge in [0.1, 0.15) is 0 Å². The molecule has 0 N–H and O–H groups in total. The maximum absolute atomic E-state index is 13.4. The first-order chi connectivity index (χ1) is 14.0. The number of rotatable bonds is 5. The second-order valence-corrected chi connectivity index (χ2v) is 9.04. The summed E-state index contributed by atoms with van der Waals surface area (Å²) in [5, 5.41) is 0.437. The summed E-state index contributed by atoms with van der Waals surface area (Å²) in [5.41, 5.74) is 1.69. The van der Waals surface area contributed by atoms with Gasteiger partial charge in [0.25, 0.3) is 0 Å². The largest absolute Gasteiger partial charge is 0.419 e. The van der Waals surface area contributed by atoms with E-state index in [0.717, 1.165) is 12.0 Å². The summed E-state index contributed by atoms with van der Waals surface area (Å²) >= 11 is 6.09. The molecule has 0 amide bonds. The third-order valence-electron chi connectivity index (χ3n) is 4.85. The van der Waals surface area contributed by atoms with Crippen LogP contribution in [0.1, 0.15) is 12.5 Å². The van der Waals surface area contributed by atoms with E-state index >= 15 is 0 Å². The Labute approximate surface area is 175 Å². The first-order valence-electron chi connectivity index (χ1n) is 9.42. The SMILES string of the molecule is CCc1ccc(S(=O)(=O)c2nc(-c3cccc(Cl)c3)oc2N2CCOCC2)cc1. The van der Waals surface area contributed by atoms with Crippen molar-refractivity contribution in [3.05, 3.63) is 59.1 Å². The molecule has 1 saturated heterocycles. The van der Waals surface area contributed by atoms with Crippen LogP contribution < -0.4 is 4.90 Å². The summed E-state index contributed by atoms with van der Waals surface area (Å²) in [4.78, 5) is 6.44. The highest BCUT2D eigenvalue weighted by atomic mass is 35.5. The van der Waals surface area contributed by atoms with Crippen LogP contribution in [0.5, 0.6) is 0 Å². The van der Waals surface area contributed by atoms with Gasteiger partial charge >= 0.3 is 0 Å². The maximum Gasteiger partial charge on any atom is 0.236 e. The van der Waals surface area contributed by atoms with Gasteiger partial charge in [-0.3, -0.25) is 0 Å². The minimum Gasteiger partial charge on any atom is -0.419 e.